The van der Waals surface area contributed by atoms with Gasteiger partial charge < -0.3 is 5.11 Å². The van der Waals surface area contributed by atoms with E-state index in [4.69, 9.17) is 0 Å². The summed E-state index contributed by atoms with van der Waals surface area (Å²) in [6, 6.07) is 5.66. The van der Waals surface area contributed by atoms with Crippen molar-refractivity contribution >= 4 is 15.9 Å². The van der Waals surface area contributed by atoms with Crippen LogP contribution in [0.15, 0.2) is 22.7 Å². The molecule has 1 aliphatic rings. The summed E-state index contributed by atoms with van der Waals surface area (Å²) in [6.07, 6.45) is 2.57. The average molecular weight is 312 g/mol. The summed E-state index contributed by atoms with van der Waals surface area (Å²) in [5.41, 5.74) is 1.02. The first-order valence-corrected chi connectivity index (χ1v) is 7.55. The van der Waals surface area contributed by atoms with Gasteiger partial charge in [0.25, 0.3) is 0 Å². The molecule has 1 N–H and O–H groups in total. The van der Waals surface area contributed by atoms with Crippen molar-refractivity contribution in [1.82, 2.24) is 4.90 Å². The zero-order chi connectivity index (χ0) is 13.1. The lowest BCUT2D eigenvalue weighted by Crippen LogP contribution is -2.34. The molecule has 1 fully saturated rings. The van der Waals surface area contributed by atoms with Crippen molar-refractivity contribution in [2.24, 2.45) is 11.8 Å². The van der Waals surface area contributed by atoms with E-state index in [0.717, 1.165) is 41.5 Å². The monoisotopic (exact) mass is 311 g/mol. The summed E-state index contributed by atoms with van der Waals surface area (Å²) in [7, 11) is 0. The van der Waals surface area contributed by atoms with Crippen molar-refractivity contribution in [3.63, 3.8) is 0 Å². The third-order valence-electron chi connectivity index (χ3n) is 4.01. The van der Waals surface area contributed by atoms with Crippen LogP contribution in [0.5, 0.6) is 5.75 Å². The van der Waals surface area contributed by atoms with Crippen molar-refractivity contribution in [1.29, 1.82) is 0 Å². The number of phenols is 1. The van der Waals surface area contributed by atoms with Crippen LogP contribution in [0.1, 0.15) is 32.3 Å². The second-order valence-corrected chi connectivity index (χ2v) is 6.55. The SMILES string of the molecule is CC(C)C1CCN(Cc2cc(Br)ccc2O)CC1. The number of piperidine rings is 1. The lowest BCUT2D eigenvalue weighted by Gasteiger charge is -2.34. The molecule has 1 heterocycles. The van der Waals surface area contributed by atoms with Gasteiger partial charge in [-0.05, 0) is 56.0 Å². The number of aromatic hydroxyl groups is 1. The third-order valence-corrected chi connectivity index (χ3v) is 4.50. The van der Waals surface area contributed by atoms with Crippen LogP contribution in [0.4, 0.5) is 0 Å². The largest absolute Gasteiger partial charge is 0.508 e. The van der Waals surface area contributed by atoms with Gasteiger partial charge in [0, 0.05) is 16.6 Å². The molecule has 0 aliphatic carbocycles. The highest BCUT2D eigenvalue weighted by Crippen LogP contribution is 2.28. The van der Waals surface area contributed by atoms with Crippen LogP contribution in [-0.4, -0.2) is 23.1 Å². The fraction of sp³-hybridized carbons (Fsp3) is 0.600. The predicted molar refractivity (Wildman–Crippen MR) is 78.6 cm³/mol. The summed E-state index contributed by atoms with van der Waals surface area (Å²) in [5, 5.41) is 9.86. The molecule has 0 atom stereocenters. The summed E-state index contributed by atoms with van der Waals surface area (Å²) in [4.78, 5) is 2.44. The second kappa shape index (κ2) is 6.07. The van der Waals surface area contributed by atoms with Crippen molar-refractivity contribution in [3.05, 3.63) is 28.2 Å². The third kappa shape index (κ3) is 3.48. The van der Waals surface area contributed by atoms with Gasteiger partial charge in [0.1, 0.15) is 5.75 Å². The maximum atomic E-state index is 9.86. The first-order chi connectivity index (χ1) is 8.56. The van der Waals surface area contributed by atoms with E-state index in [1.807, 2.05) is 12.1 Å². The fourth-order valence-corrected chi connectivity index (χ4v) is 3.11. The standard InChI is InChI=1S/C15H22BrNO/c1-11(2)12-5-7-17(8-6-12)10-13-9-14(16)3-4-15(13)18/h3-4,9,11-12,18H,5-8,10H2,1-2H3. The molecule has 1 aliphatic heterocycles. The predicted octanol–water partition coefficient (Wildman–Crippen LogP) is 4.02. The van der Waals surface area contributed by atoms with Gasteiger partial charge in [-0.1, -0.05) is 29.8 Å². The normalized spacial score (nSPS) is 18.4. The molecule has 1 aromatic carbocycles. The van der Waals surface area contributed by atoms with Gasteiger partial charge in [-0.2, -0.15) is 0 Å². The van der Waals surface area contributed by atoms with Crippen molar-refractivity contribution < 1.29 is 5.11 Å². The van der Waals surface area contributed by atoms with E-state index in [9.17, 15) is 5.11 Å². The van der Waals surface area contributed by atoms with E-state index in [0.29, 0.717) is 5.75 Å². The smallest absolute Gasteiger partial charge is 0.120 e. The Morgan fingerprint density at radius 1 is 1.33 bits per heavy atom. The van der Waals surface area contributed by atoms with E-state index >= 15 is 0 Å². The van der Waals surface area contributed by atoms with E-state index < -0.39 is 0 Å². The van der Waals surface area contributed by atoms with Crippen LogP contribution in [0, 0.1) is 11.8 Å². The van der Waals surface area contributed by atoms with Gasteiger partial charge in [-0.15, -0.1) is 0 Å². The number of hydrogen-bond donors (Lipinski definition) is 1. The molecule has 0 amide bonds. The molecule has 2 rings (SSSR count). The van der Waals surface area contributed by atoms with Crippen molar-refractivity contribution in [3.8, 4) is 5.75 Å². The highest BCUT2D eigenvalue weighted by atomic mass is 79.9. The second-order valence-electron chi connectivity index (χ2n) is 5.63. The molecular formula is C15H22BrNO. The van der Waals surface area contributed by atoms with Crippen LogP contribution in [-0.2, 0) is 6.54 Å². The first kappa shape index (κ1) is 13.9. The topological polar surface area (TPSA) is 23.5 Å². The van der Waals surface area contributed by atoms with Gasteiger partial charge >= 0.3 is 0 Å². The molecule has 1 aromatic rings. The van der Waals surface area contributed by atoms with Gasteiger partial charge in [-0.3, -0.25) is 4.90 Å². The number of rotatable bonds is 3. The Labute approximate surface area is 118 Å². The first-order valence-electron chi connectivity index (χ1n) is 6.76. The Morgan fingerprint density at radius 2 is 2.00 bits per heavy atom. The number of hydrogen-bond acceptors (Lipinski definition) is 2. The molecule has 0 spiro atoms. The number of nitrogens with zero attached hydrogens (tertiary/aromatic N) is 1. The molecule has 100 valence electrons. The maximum Gasteiger partial charge on any atom is 0.120 e. The number of benzene rings is 1. The summed E-state index contributed by atoms with van der Waals surface area (Å²) >= 11 is 3.46. The summed E-state index contributed by atoms with van der Waals surface area (Å²) < 4.78 is 1.03. The number of phenolic OH excluding ortho intramolecular Hbond substituents is 1. The van der Waals surface area contributed by atoms with Crippen molar-refractivity contribution in [2.45, 2.75) is 33.2 Å². The Balaban J connectivity index is 1.93. The van der Waals surface area contributed by atoms with Crippen molar-refractivity contribution in [2.75, 3.05) is 13.1 Å². The van der Waals surface area contributed by atoms with Crippen LogP contribution in [0.3, 0.4) is 0 Å². The zero-order valence-corrected chi connectivity index (χ0v) is 12.8. The lowest BCUT2D eigenvalue weighted by molar-refractivity contribution is 0.151. The molecule has 3 heteroatoms. The van der Waals surface area contributed by atoms with Crippen LogP contribution < -0.4 is 0 Å². The molecule has 2 nitrogen and oxygen atoms in total. The minimum atomic E-state index is 0.407. The number of likely N-dealkylation sites (tertiary alicyclic amines) is 1. The molecule has 18 heavy (non-hydrogen) atoms. The van der Waals surface area contributed by atoms with Gasteiger partial charge in [0.2, 0.25) is 0 Å². The van der Waals surface area contributed by atoms with Crippen LogP contribution in [0.25, 0.3) is 0 Å². The molecule has 0 aromatic heterocycles. The van der Waals surface area contributed by atoms with E-state index in [-0.39, 0.29) is 0 Å². The zero-order valence-electron chi connectivity index (χ0n) is 11.2. The molecule has 0 unspecified atom stereocenters. The lowest BCUT2D eigenvalue weighted by atomic mass is 9.86. The number of halogens is 1. The van der Waals surface area contributed by atoms with Gasteiger partial charge in [-0.25, -0.2) is 0 Å². The Bertz CT molecular complexity index is 397. The maximum absolute atomic E-state index is 9.86. The Morgan fingerprint density at radius 3 is 2.61 bits per heavy atom. The van der Waals surface area contributed by atoms with E-state index in [1.54, 1.807) is 6.07 Å². The molecule has 1 saturated heterocycles. The quantitative estimate of drug-likeness (QED) is 0.911. The molecule has 0 bridgehead atoms. The summed E-state index contributed by atoms with van der Waals surface area (Å²) in [6.45, 7) is 7.79. The average Bonchev–Trinajstić information content (AvgIpc) is 2.34. The highest BCUT2D eigenvalue weighted by molar-refractivity contribution is 9.10. The van der Waals surface area contributed by atoms with Gasteiger partial charge in [0.15, 0.2) is 0 Å². The molecular weight excluding hydrogens is 290 g/mol. The van der Waals surface area contributed by atoms with Gasteiger partial charge in [0.05, 0.1) is 0 Å². The minimum absolute atomic E-state index is 0.407. The van der Waals surface area contributed by atoms with E-state index in [1.165, 1.54) is 12.8 Å². The minimum Gasteiger partial charge on any atom is -0.508 e. The Kier molecular flexibility index (Phi) is 4.68. The fourth-order valence-electron chi connectivity index (χ4n) is 2.70. The highest BCUT2D eigenvalue weighted by Gasteiger charge is 2.21. The Hall–Kier alpha value is -0.540. The molecule has 0 radical (unpaired) electrons. The van der Waals surface area contributed by atoms with Crippen LogP contribution >= 0.6 is 15.9 Å². The summed E-state index contributed by atoms with van der Waals surface area (Å²) in [5.74, 6) is 2.08. The van der Waals surface area contributed by atoms with Crippen LogP contribution in [0.2, 0.25) is 0 Å². The van der Waals surface area contributed by atoms with E-state index in [2.05, 4.69) is 34.7 Å². The molecule has 0 saturated carbocycles.